The zero-order valence-corrected chi connectivity index (χ0v) is 17.3. The van der Waals surface area contributed by atoms with E-state index in [0.29, 0.717) is 5.92 Å². The van der Waals surface area contributed by atoms with Crippen LogP contribution in [0.25, 0.3) is 0 Å². The Morgan fingerprint density at radius 2 is 1.54 bits per heavy atom. The molecular formula is C26H31NO. The summed E-state index contributed by atoms with van der Waals surface area (Å²) in [6.45, 7) is 6.78. The number of rotatable bonds is 1. The Morgan fingerprint density at radius 3 is 2.14 bits per heavy atom. The second-order valence-electron chi connectivity index (χ2n) is 10.9. The molecule has 4 bridgehead atoms. The summed E-state index contributed by atoms with van der Waals surface area (Å²) >= 11 is 0. The SMILES string of the molecule is CC(C)(C)c1ccc(C2=NO[C@@H]3C(=C4C5CC6CC(C5)CC4C6)C=C[C@H]23)cc1. The van der Waals surface area contributed by atoms with Crippen LogP contribution in [0.5, 0.6) is 0 Å². The van der Waals surface area contributed by atoms with Crippen molar-refractivity contribution in [3.8, 4) is 0 Å². The van der Waals surface area contributed by atoms with Crippen molar-refractivity contribution in [3.63, 3.8) is 0 Å². The van der Waals surface area contributed by atoms with Crippen LogP contribution in [0, 0.1) is 29.6 Å². The predicted octanol–water partition coefficient (Wildman–Crippen LogP) is 6.03. The highest BCUT2D eigenvalue weighted by molar-refractivity contribution is 6.05. The third-order valence-corrected chi connectivity index (χ3v) is 8.09. The molecule has 28 heavy (non-hydrogen) atoms. The van der Waals surface area contributed by atoms with Gasteiger partial charge < -0.3 is 4.84 Å². The topological polar surface area (TPSA) is 21.6 Å². The second kappa shape index (κ2) is 5.84. The van der Waals surface area contributed by atoms with E-state index in [1.54, 1.807) is 5.57 Å². The Bertz CT molecular complexity index is 865. The fraction of sp³-hybridized carbons (Fsp3) is 0.577. The monoisotopic (exact) mass is 373 g/mol. The maximum absolute atomic E-state index is 6.08. The van der Waals surface area contributed by atoms with Crippen molar-refractivity contribution >= 4 is 5.71 Å². The van der Waals surface area contributed by atoms with Crippen LogP contribution in [-0.2, 0) is 10.3 Å². The number of fused-ring (bicyclic) bond motifs is 1. The molecule has 4 saturated carbocycles. The molecule has 2 atom stereocenters. The molecule has 1 aromatic rings. The summed E-state index contributed by atoms with van der Waals surface area (Å²) in [6.07, 6.45) is 12.1. The lowest BCUT2D eigenvalue weighted by atomic mass is 9.53. The van der Waals surface area contributed by atoms with E-state index >= 15 is 0 Å². The van der Waals surface area contributed by atoms with Gasteiger partial charge in [-0.15, -0.1) is 0 Å². The zero-order valence-electron chi connectivity index (χ0n) is 17.3. The fourth-order valence-corrected chi connectivity index (χ4v) is 6.94. The Balaban J connectivity index is 1.28. The average Bonchev–Trinajstić information content (AvgIpc) is 3.23. The summed E-state index contributed by atoms with van der Waals surface area (Å²) in [7, 11) is 0. The molecular weight excluding hydrogens is 342 g/mol. The molecule has 0 aromatic heterocycles. The third-order valence-electron chi connectivity index (χ3n) is 8.09. The molecule has 0 unspecified atom stereocenters. The minimum Gasteiger partial charge on any atom is -0.386 e. The lowest BCUT2D eigenvalue weighted by Gasteiger charge is -2.52. The van der Waals surface area contributed by atoms with Gasteiger partial charge in [0.15, 0.2) is 6.10 Å². The van der Waals surface area contributed by atoms with Crippen LogP contribution >= 0.6 is 0 Å². The second-order valence-corrected chi connectivity index (χ2v) is 10.9. The van der Waals surface area contributed by atoms with Gasteiger partial charge in [0.2, 0.25) is 0 Å². The van der Waals surface area contributed by atoms with Crippen molar-refractivity contribution in [2.75, 3.05) is 0 Å². The van der Waals surface area contributed by atoms with Crippen molar-refractivity contribution in [2.45, 2.75) is 64.4 Å². The van der Waals surface area contributed by atoms with Crippen molar-refractivity contribution in [1.82, 2.24) is 0 Å². The minimum absolute atomic E-state index is 0.129. The van der Waals surface area contributed by atoms with E-state index in [0.717, 1.165) is 29.4 Å². The maximum Gasteiger partial charge on any atom is 0.164 e. The average molecular weight is 374 g/mol. The molecule has 0 spiro atoms. The first-order valence-electron chi connectivity index (χ1n) is 11.2. The lowest BCUT2D eigenvalue weighted by molar-refractivity contribution is 0.0605. The van der Waals surface area contributed by atoms with Crippen molar-refractivity contribution in [2.24, 2.45) is 34.7 Å². The Labute approximate surface area is 168 Å². The number of hydrogen-bond acceptors (Lipinski definition) is 2. The van der Waals surface area contributed by atoms with Gasteiger partial charge in [-0.25, -0.2) is 0 Å². The molecule has 6 aliphatic rings. The summed E-state index contributed by atoms with van der Waals surface area (Å²) in [4.78, 5) is 6.08. The first-order valence-corrected chi connectivity index (χ1v) is 11.2. The molecule has 5 aliphatic carbocycles. The van der Waals surface area contributed by atoms with Crippen LogP contribution in [-0.4, -0.2) is 11.8 Å². The standard InChI is InChI=1S/C26H31NO/c1-26(2,3)20-6-4-17(5-7-20)24-22-9-8-21(25(22)28-27-24)23-18-11-15-10-16(13-18)14-19(23)12-15/h4-9,15-16,18-19,22,25H,10-14H2,1-3H3/t15?,16?,18?,19?,22-,25-/m1/s1. The molecule has 2 nitrogen and oxygen atoms in total. The van der Waals surface area contributed by atoms with Gasteiger partial charge in [0.05, 0.1) is 11.6 Å². The van der Waals surface area contributed by atoms with E-state index in [9.17, 15) is 0 Å². The number of oxime groups is 1. The molecule has 4 fully saturated rings. The molecule has 0 amide bonds. The van der Waals surface area contributed by atoms with Gasteiger partial charge in [0.25, 0.3) is 0 Å². The molecule has 146 valence electrons. The smallest absolute Gasteiger partial charge is 0.164 e. The van der Waals surface area contributed by atoms with Crippen LogP contribution in [0.1, 0.15) is 64.0 Å². The van der Waals surface area contributed by atoms with Crippen molar-refractivity contribution in [3.05, 3.63) is 58.7 Å². The van der Waals surface area contributed by atoms with Gasteiger partial charge in [0, 0.05) is 5.56 Å². The summed E-state index contributed by atoms with van der Waals surface area (Å²) in [5.74, 6) is 3.96. The van der Waals surface area contributed by atoms with Crippen LogP contribution in [0.4, 0.5) is 0 Å². The van der Waals surface area contributed by atoms with Gasteiger partial charge in [-0.2, -0.15) is 0 Å². The fourth-order valence-electron chi connectivity index (χ4n) is 6.94. The third kappa shape index (κ3) is 2.49. The van der Waals surface area contributed by atoms with Gasteiger partial charge in [0.1, 0.15) is 0 Å². The number of nitrogens with zero attached hydrogens (tertiary/aromatic N) is 1. The molecule has 0 N–H and O–H groups in total. The van der Waals surface area contributed by atoms with Gasteiger partial charge in [-0.3, -0.25) is 0 Å². The Morgan fingerprint density at radius 1 is 0.893 bits per heavy atom. The summed E-state index contributed by atoms with van der Waals surface area (Å²) in [5.41, 5.74) is 7.12. The summed E-state index contributed by atoms with van der Waals surface area (Å²) < 4.78 is 0. The Kier molecular flexibility index (Phi) is 3.56. The molecule has 1 aromatic carbocycles. The first-order chi connectivity index (χ1) is 13.5. The van der Waals surface area contributed by atoms with Crippen LogP contribution in [0.15, 0.2) is 52.7 Å². The zero-order chi connectivity index (χ0) is 19.0. The summed E-state index contributed by atoms with van der Waals surface area (Å²) in [5, 5.41) is 4.58. The van der Waals surface area contributed by atoms with E-state index in [1.807, 2.05) is 0 Å². The predicted molar refractivity (Wildman–Crippen MR) is 113 cm³/mol. The van der Waals surface area contributed by atoms with E-state index < -0.39 is 0 Å². The highest BCUT2D eigenvalue weighted by Crippen LogP contribution is 2.58. The van der Waals surface area contributed by atoms with E-state index in [-0.39, 0.29) is 11.5 Å². The van der Waals surface area contributed by atoms with Crippen LogP contribution in [0.3, 0.4) is 0 Å². The number of benzene rings is 1. The lowest BCUT2D eigenvalue weighted by Crippen LogP contribution is -2.41. The molecule has 7 rings (SSSR count). The van der Waals surface area contributed by atoms with Crippen LogP contribution < -0.4 is 0 Å². The maximum atomic E-state index is 6.08. The van der Waals surface area contributed by atoms with Gasteiger partial charge >= 0.3 is 0 Å². The number of allylic oxidation sites excluding steroid dienone is 1. The molecule has 1 aliphatic heterocycles. The highest BCUT2D eigenvalue weighted by Gasteiger charge is 2.49. The van der Waals surface area contributed by atoms with Crippen LogP contribution in [0.2, 0.25) is 0 Å². The Hall–Kier alpha value is -1.83. The van der Waals surface area contributed by atoms with E-state index in [1.165, 1.54) is 48.8 Å². The summed E-state index contributed by atoms with van der Waals surface area (Å²) in [6, 6.07) is 8.96. The van der Waals surface area contributed by atoms with Gasteiger partial charge in [-0.1, -0.05) is 67.9 Å². The highest BCUT2D eigenvalue weighted by atomic mass is 16.6. The molecule has 0 radical (unpaired) electrons. The number of hydrogen-bond donors (Lipinski definition) is 0. The van der Waals surface area contributed by atoms with E-state index in [4.69, 9.17) is 4.84 Å². The van der Waals surface area contributed by atoms with Crippen molar-refractivity contribution in [1.29, 1.82) is 0 Å². The quantitative estimate of drug-likeness (QED) is 0.589. The first kappa shape index (κ1) is 17.1. The molecule has 2 heteroatoms. The van der Waals surface area contributed by atoms with Crippen molar-refractivity contribution < 1.29 is 4.84 Å². The normalized spacial score (nSPS) is 38.0. The van der Waals surface area contributed by atoms with E-state index in [2.05, 4.69) is 62.3 Å². The molecule has 1 heterocycles. The minimum atomic E-state index is 0.129. The largest absolute Gasteiger partial charge is 0.386 e. The van der Waals surface area contributed by atoms with Gasteiger partial charge in [-0.05, 0) is 72.3 Å². The molecule has 0 saturated heterocycles.